The molecule has 2 aromatic carbocycles. The number of carbonyl (C=O) groups is 4. The van der Waals surface area contributed by atoms with E-state index in [9.17, 15) is 19.2 Å². The highest BCUT2D eigenvalue weighted by molar-refractivity contribution is 9.10. The molecule has 1 N–H and O–H groups in total. The van der Waals surface area contributed by atoms with Crippen molar-refractivity contribution in [2.45, 2.75) is 19.8 Å². The number of hydrogen-bond acceptors (Lipinski definition) is 7. The highest BCUT2D eigenvalue weighted by Gasteiger charge is 2.37. The molecule has 4 amide bonds. The van der Waals surface area contributed by atoms with E-state index in [0.29, 0.717) is 40.3 Å². The van der Waals surface area contributed by atoms with E-state index in [2.05, 4.69) is 21.2 Å². The van der Waals surface area contributed by atoms with Crippen LogP contribution in [0, 0.1) is 6.92 Å². The summed E-state index contributed by atoms with van der Waals surface area (Å²) in [6, 6.07) is 10.7. The van der Waals surface area contributed by atoms with Crippen molar-refractivity contribution in [2.24, 2.45) is 0 Å². The smallest absolute Gasteiger partial charge is 0.294 e. The molecule has 0 unspecified atom stereocenters. The predicted molar refractivity (Wildman–Crippen MR) is 144 cm³/mol. The minimum absolute atomic E-state index is 0.208. The van der Waals surface area contributed by atoms with Gasteiger partial charge in [0.1, 0.15) is 6.54 Å². The number of imide groups is 1. The van der Waals surface area contributed by atoms with E-state index >= 15 is 0 Å². The van der Waals surface area contributed by atoms with E-state index in [1.165, 1.54) is 7.11 Å². The van der Waals surface area contributed by atoms with Crippen LogP contribution < -0.4 is 14.8 Å². The van der Waals surface area contributed by atoms with Crippen LogP contribution in [0.15, 0.2) is 45.8 Å². The molecular weight excluding hydrogens is 562 g/mol. The fourth-order valence-electron chi connectivity index (χ4n) is 3.92. The van der Waals surface area contributed by atoms with Gasteiger partial charge in [-0.25, -0.2) is 0 Å². The Labute approximate surface area is 227 Å². The van der Waals surface area contributed by atoms with E-state index in [1.54, 1.807) is 23.1 Å². The highest BCUT2D eigenvalue weighted by Crippen LogP contribution is 2.39. The second-order valence-electron chi connectivity index (χ2n) is 8.59. The lowest BCUT2D eigenvalue weighted by atomic mass is 10.2. The number of amides is 4. The van der Waals surface area contributed by atoms with Gasteiger partial charge in [0.15, 0.2) is 18.1 Å². The molecule has 2 aromatic rings. The van der Waals surface area contributed by atoms with E-state index < -0.39 is 11.1 Å². The van der Waals surface area contributed by atoms with Gasteiger partial charge in [-0.15, -0.1) is 0 Å². The number of halogens is 1. The Morgan fingerprint density at radius 1 is 1.14 bits per heavy atom. The Kier molecular flexibility index (Phi) is 8.55. The zero-order valence-electron chi connectivity index (χ0n) is 20.4. The molecule has 0 radical (unpaired) electrons. The van der Waals surface area contributed by atoms with Gasteiger partial charge < -0.3 is 19.7 Å². The zero-order valence-corrected chi connectivity index (χ0v) is 22.8. The SMILES string of the molecule is COc1cc(/C=C2/SC(=O)N(CC(=O)N3CCCC3)C2=O)cc(Br)c1OCC(=O)Nc1ccc(C)cc1. The van der Waals surface area contributed by atoms with Gasteiger partial charge in [-0.1, -0.05) is 17.7 Å². The molecule has 0 aliphatic carbocycles. The summed E-state index contributed by atoms with van der Waals surface area (Å²) in [7, 11) is 1.46. The van der Waals surface area contributed by atoms with Gasteiger partial charge in [0.2, 0.25) is 5.91 Å². The first-order chi connectivity index (χ1) is 17.7. The van der Waals surface area contributed by atoms with Crippen molar-refractivity contribution in [3.05, 3.63) is 56.9 Å². The molecule has 194 valence electrons. The van der Waals surface area contributed by atoms with Crippen LogP contribution in [0.4, 0.5) is 10.5 Å². The number of benzene rings is 2. The lowest BCUT2D eigenvalue weighted by Crippen LogP contribution is -2.40. The second kappa shape index (κ2) is 11.8. The Morgan fingerprint density at radius 3 is 2.51 bits per heavy atom. The fraction of sp³-hybridized carbons (Fsp3) is 0.308. The van der Waals surface area contributed by atoms with Crippen LogP contribution in [0.5, 0.6) is 11.5 Å². The molecular formula is C26H26BrN3O6S. The molecule has 2 aliphatic heterocycles. The monoisotopic (exact) mass is 587 g/mol. The van der Waals surface area contributed by atoms with Crippen molar-refractivity contribution in [1.29, 1.82) is 0 Å². The maximum Gasteiger partial charge on any atom is 0.294 e. The maximum atomic E-state index is 12.9. The lowest BCUT2D eigenvalue weighted by molar-refractivity contribution is -0.135. The summed E-state index contributed by atoms with van der Waals surface area (Å²) in [5.41, 5.74) is 2.33. The molecule has 0 bridgehead atoms. The standard InChI is InChI=1S/C26H26BrN3O6S/c1-16-5-7-18(8-6-16)28-22(31)15-36-24-19(27)11-17(12-20(24)35-2)13-21-25(33)30(26(34)37-21)14-23(32)29-9-3-4-10-29/h5-8,11-13H,3-4,9-10,14-15H2,1-2H3,(H,28,31)/b21-13+. The summed E-state index contributed by atoms with van der Waals surface area (Å²) in [5, 5.41) is 2.29. The van der Waals surface area contributed by atoms with Crippen LogP contribution in [-0.4, -0.2) is 66.1 Å². The van der Waals surface area contributed by atoms with Crippen LogP contribution in [0.2, 0.25) is 0 Å². The van der Waals surface area contributed by atoms with Crippen molar-refractivity contribution in [3.63, 3.8) is 0 Å². The zero-order chi connectivity index (χ0) is 26.5. The number of ether oxygens (including phenoxy) is 2. The normalized spacial score (nSPS) is 16.5. The van der Waals surface area contributed by atoms with Crippen molar-refractivity contribution in [3.8, 4) is 11.5 Å². The molecule has 37 heavy (non-hydrogen) atoms. The Hall–Kier alpha value is -3.31. The summed E-state index contributed by atoms with van der Waals surface area (Å²) >= 11 is 4.23. The predicted octanol–water partition coefficient (Wildman–Crippen LogP) is 4.44. The average molecular weight is 588 g/mol. The molecule has 2 fully saturated rings. The minimum Gasteiger partial charge on any atom is -0.493 e. The van der Waals surface area contributed by atoms with Gasteiger partial charge in [0.05, 0.1) is 16.5 Å². The van der Waals surface area contributed by atoms with Crippen LogP contribution in [0.25, 0.3) is 6.08 Å². The van der Waals surface area contributed by atoms with E-state index in [0.717, 1.165) is 35.1 Å². The summed E-state index contributed by atoms with van der Waals surface area (Å²) in [6.07, 6.45) is 3.43. The fourth-order valence-corrected chi connectivity index (χ4v) is 5.34. The first-order valence-electron chi connectivity index (χ1n) is 11.6. The summed E-state index contributed by atoms with van der Waals surface area (Å²) in [4.78, 5) is 52.9. The maximum absolute atomic E-state index is 12.9. The van der Waals surface area contributed by atoms with Crippen molar-refractivity contribution in [2.75, 3.05) is 38.7 Å². The Bertz CT molecular complexity index is 1260. The Morgan fingerprint density at radius 2 is 1.84 bits per heavy atom. The number of nitrogens with one attached hydrogen (secondary N) is 1. The van der Waals surface area contributed by atoms with Gasteiger partial charge >= 0.3 is 0 Å². The number of carbonyl (C=O) groups excluding carboxylic acids is 4. The van der Waals surface area contributed by atoms with Gasteiger partial charge in [0.25, 0.3) is 17.1 Å². The van der Waals surface area contributed by atoms with Crippen LogP contribution in [0.1, 0.15) is 24.0 Å². The van der Waals surface area contributed by atoms with Crippen molar-refractivity contribution < 1.29 is 28.7 Å². The van der Waals surface area contributed by atoms with Gasteiger partial charge in [0, 0.05) is 18.8 Å². The molecule has 2 aliphatic rings. The molecule has 0 saturated carbocycles. The van der Waals surface area contributed by atoms with Gasteiger partial charge in [-0.2, -0.15) is 0 Å². The number of likely N-dealkylation sites (tertiary alicyclic amines) is 1. The van der Waals surface area contributed by atoms with E-state index in [1.807, 2.05) is 31.2 Å². The van der Waals surface area contributed by atoms with E-state index in [4.69, 9.17) is 9.47 Å². The molecule has 0 atom stereocenters. The first-order valence-corrected chi connectivity index (χ1v) is 13.3. The minimum atomic E-state index is -0.509. The van der Waals surface area contributed by atoms with E-state index in [-0.39, 0.29) is 29.9 Å². The number of nitrogens with zero attached hydrogens (tertiary/aromatic N) is 2. The summed E-state index contributed by atoms with van der Waals surface area (Å²) in [6.45, 7) is 2.77. The van der Waals surface area contributed by atoms with Crippen LogP contribution in [0.3, 0.4) is 0 Å². The summed E-state index contributed by atoms with van der Waals surface area (Å²) < 4.78 is 11.7. The molecule has 11 heteroatoms. The third kappa shape index (κ3) is 6.53. The number of aryl methyl sites for hydroxylation is 1. The number of rotatable bonds is 8. The number of hydrogen-bond donors (Lipinski definition) is 1. The molecule has 2 saturated heterocycles. The average Bonchev–Trinajstić information content (AvgIpc) is 3.49. The first kappa shape index (κ1) is 26.7. The van der Waals surface area contributed by atoms with Crippen molar-refractivity contribution >= 4 is 62.4 Å². The second-order valence-corrected chi connectivity index (χ2v) is 10.4. The highest BCUT2D eigenvalue weighted by atomic mass is 79.9. The molecule has 0 spiro atoms. The lowest BCUT2D eigenvalue weighted by Gasteiger charge is -2.18. The molecule has 4 rings (SSSR count). The van der Waals surface area contributed by atoms with Crippen LogP contribution in [-0.2, 0) is 14.4 Å². The molecule has 2 heterocycles. The number of thioether (sulfide) groups is 1. The van der Waals surface area contributed by atoms with Gasteiger partial charge in [-0.3, -0.25) is 24.1 Å². The third-order valence-electron chi connectivity index (χ3n) is 5.86. The van der Waals surface area contributed by atoms with Crippen molar-refractivity contribution in [1.82, 2.24) is 9.80 Å². The quantitative estimate of drug-likeness (QED) is 0.455. The molecule has 0 aromatic heterocycles. The Balaban J connectivity index is 1.43. The van der Waals surface area contributed by atoms with Crippen LogP contribution >= 0.6 is 27.7 Å². The number of methoxy groups -OCH3 is 1. The topological polar surface area (TPSA) is 105 Å². The number of anilines is 1. The molecule has 9 nitrogen and oxygen atoms in total. The van der Waals surface area contributed by atoms with Gasteiger partial charge in [-0.05, 0) is 83.4 Å². The third-order valence-corrected chi connectivity index (χ3v) is 7.35. The summed E-state index contributed by atoms with van der Waals surface area (Å²) in [5.74, 6) is -0.404. The largest absolute Gasteiger partial charge is 0.493 e.